The van der Waals surface area contributed by atoms with Crippen molar-refractivity contribution in [3.8, 4) is 0 Å². The molecule has 1 saturated heterocycles. The number of hydrogen-bond donors (Lipinski definition) is 2. The van der Waals surface area contributed by atoms with Gasteiger partial charge in [0.05, 0.1) is 6.54 Å². The van der Waals surface area contributed by atoms with Crippen LogP contribution in [-0.2, 0) is 17.9 Å². The number of guanidine groups is 1. The summed E-state index contributed by atoms with van der Waals surface area (Å²) in [6, 6.07) is 8.20. The van der Waals surface area contributed by atoms with Crippen LogP contribution in [-0.4, -0.2) is 29.9 Å². The normalized spacial score (nSPS) is 14.9. The number of aliphatic imine (C=N–C) groups is 1. The van der Waals surface area contributed by atoms with Gasteiger partial charge in [-0.1, -0.05) is 31.2 Å². The maximum atomic E-state index is 11.7. The molecular formula is C16H25IN4O. The molecule has 1 aliphatic heterocycles. The van der Waals surface area contributed by atoms with Crippen molar-refractivity contribution in [3.05, 3.63) is 35.4 Å². The maximum absolute atomic E-state index is 11.7. The summed E-state index contributed by atoms with van der Waals surface area (Å²) < 4.78 is 0. The number of nitrogens with one attached hydrogen (secondary N) is 1. The van der Waals surface area contributed by atoms with Gasteiger partial charge in [-0.15, -0.1) is 24.0 Å². The van der Waals surface area contributed by atoms with E-state index in [1.807, 2.05) is 17.0 Å². The molecular weight excluding hydrogens is 391 g/mol. The minimum Gasteiger partial charge on any atom is -0.370 e. The molecule has 5 nitrogen and oxygen atoms in total. The number of carbonyl (C=O) groups excluding carboxylic acids is 1. The van der Waals surface area contributed by atoms with E-state index in [0.29, 0.717) is 25.5 Å². The van der Waals surface area contributed by atoms with Crippen LogP contribution in [0.15, 0.2) is 29.3 Å². The number of carbonyl (C=O) groups is 1. The van der Waals surface area contributed by atoms with E-state index in [2.05, 4.69) is 29.4 Å². The van der Waals surface area contributed by atoms with E-state index in [0.717, 1.165) is 37.1 Å². The van der Waals surface area contributed by atoms with E-state index in [1.54, 1.807) is 0 Å². The van der Waals surface area contributed by atoms with E-state index < -0.39 is 0 Å². The van der Waals surface area contributed by atoms with Crippen molar-refractivity contribution in [3.63, 3.8) is 0 Å². The van der Waals surface area contributed by atoms with Crippen LogP contribution in [0.2, 0.25) is 0 Å². The van der Waals surface area contributed by atoms with Crippen molar-refractivity contribution in [1.29, 1.82) is 0 Å². The minimum absolute atomic E-state index is 0. The van der Waals surface area contributed by atoms with Crippen LogP contribution in [0.1, 0.15) is 37.3 Å². The number of amides is 1. The topological polar surface area (TPSA) is 70.7 Å². The zero-order chi connectivity index (χ0) is 15.1. The fourth-order valence-corrected chi connectivity index (χ4v) is 2.40. The molecule has 0 bridgehead atoms. The third kappa shape index (κ3) is 5.82. The molecule has 3 N–H and O–H groups in total. The molecule has 0 aliphatic carbocycles. The fraction of sp³-hybridized carbons (Fsp3) is 0.500. The van der Waals surface area contributed by atoms with Crippen LogP contribution in [0, 0.1) is 0 Å². The molecule has 0 saturated carbocycles. The van der Waals surface area contributed by atoms with Gasteiger partial charge < -0.3 is 16.0 Å². The Morgan fingerprint density at radius 1 is 1.41 bits per heavy atom. The van der Waals surface area contributed by atoms with Gasteiger partial charge in [-0.25, -0.2) is 4.99 Å². The van der Waals surface area contributed by atoms with E-state index >= 15 is 0 Å². The summed E-state index contributed by atoms with van der Waals surface area (Å²) >= 11 is 0. The van der Waals surface area contributed by atoms with Gasteiger partial charge in [-0.3, -0.25) is 4.79 Å². The van der Waals surface area contributed by atoms with Crippen LogP contribution < -0.4 is 11.1 Å². The van der Waals surface area contributed by atoms with Gasteiger partial charge in [0.2, 0.25) is 5.91 Å². The highest BCUT2D eigenvalue weighted by Gasteiger charge is 2.19. The first kappa shape index (κ1) is 18.7. The molecule has 0 atom stereocenters. The standard InChI is InChI=1S/C16H24N4O.HI/c1-2-8-18-16(17)19-11-13-5-3-6-14(10-13)12-20-9-4-7-15(20)21;/h3,5-6,10H,2,4,7-9,11-12H2,1H3,(H3,17,18,19);1H. The van der Waals surface area contributed by atoms with Gasteiger partial charge in [0, 0.05) is 26.1 Å². The second-order valence-electron chi connectivity index (χ2n) is 5.37. The summed E-state index contributed by atoms with van der Waals surface area (Å²) in [5, 5.41) is 3.06. The average molecular weight is 416 g/mol. The first-order chi connectivity index (χ1) is 10.2. The SMILES string of the molecule is CCCNC(N)=NCc1cccc(CN2CCCC2=O)c1.I. The molecule has 0 spiro atoms. The van der Waals surface area contributed by atoms with Crippen molar-refractivity contribution in [2.24, 2.45) is 10.7 Å². The average Bonchev–Trinajstić information content (AvgIpc) is 2.88. The van der Waals surface area contributed by atoms with Gasteiger partial charge in [-0.2, -0.15) is 0 Å². The zero-order valence-corrected chi connectivity index (χ0v) is 15.4. The highest BCUT2D eigenvalue weighted by atomic mass is 127. The van der Waals surface area contributed by atoms with Gasteiger partial charge in [0.15, 0.2) is 5.96 Å². The molecule has 122 valence electrons. The molecule has 6 heteroatoms. The monoisotopic (exact) mass is 416 g/mol. The lowest BCUT2D eigenvalue weighted by Crippen LogP contribution is -2.32. The molecule has 22 heavy (non-hydrogen) atoms. The molecule has 0 unspecified atom stereocenters. The summed E-state index contributed by atoms with van der Waals surface area (Å²) in [4.78, 5) is 17.9. The Balaban J connectivity index is 0.00000242. The Hall–Kier alpha value is -1.31. The summed E-state index contributed by atoms with van der Waals surface area (Å²) in [6.07, 6.45) is 2.68. The predicted octanol–water partition coefficient (Wildman–Crippen LogP) is 2.24. The molecule has 1 aromatic rings. The second kappa shape index (κ2) is 9.66. The third-order valence-corrected chi connectivity index (χ3v) is 3.52. The number of likely N-dealkylation sites (tertiary alicyclic amines) is 1. The van der Waals surface area contributed by atoms with Gasteiger partial charge >= 0.3 is 0 Å². The number of hydrogen-bond acceptors (Lipinski definition) is 2. The summed E-state index contributed by atoms with van der Waals surface area (Å²) in [5.41, 5.74) is 8.04. The van der Waals surface area contributed by atoms with Crippen LogP contribution >= 0.6 is 24.0 Å². The lowest BCUT2D eigenvalue weighted by Gasteiger charge is -2.15. The van der Waals surface area contributed by atoms with Gasteiger partial charge in [-0.05, 0) is 24.0 Å². The zero-order valence-electron chi connectivity index (χ0n) is 13.0. The Kier molecular flexibility index (Phi) is 8.22. The minimum atomic E-state index is 0. The van der Waals surface area contributed by atoms with Crippen LogP contribution in [0.4, 0.5) is 0 Å². The predicted molar refractivity (Wildman–Crippen MR) is 100 cm³/mol. The maximum Gasteiger partial charge on any atom is 0.222 e. The van der Waals surface area contributed by atoms with E-state index in [1.165, 1.54) is 0 Å². The van der Waals surface area contributed by atoms with Crippen molar-refractivity contribution in [2.45, 2.75) is 39.3 Å². The molecule has 1 amide bonds. The van der Waals surface area contributed by atoms with Gasteiger partial charge in [0.1, 0.15) is 0 Å². The molecule has 0 aromatic heterocycles. The number of rotatable bonds is 6. The van der Waals surface area contributed by atoms with Crippen LogP contribution in [0.5, 0.6) is 0 Å². The van der Waals surface area contributed by atoms with Gasteiger partial charge in [0.25, 0.3) is 0 Å². The first-order valence-electron chi connectivity index (χ1n) is 7.58. The van der Waals surface area contributed by atoms with Crippen molar-refractivity contribution < 1.29 is 4.79 Å². The Labute approximate surface area is 149 Å². The number of nitrogens with zero attached hydrogens (tertiary/aromatic N) is 2. The molecule has 1 aromatic carbocycles. The summed E-state index contributed by atoms with van der Waals surface area (Å²) in [5.74, 6) is 0.739. The second-order valence-corrected chi connectivity index (χ2v) is 5.37. The molecule has 1 aliphatic rings. The van der Waals surface area contributed by atoms with Crippen LogP contribution in [0.25, 0.3) is 0 Å². The summed E-state index contributed by atoms with van der Waals surface area (Å²) in [6.45, 7) is 5.05. The molecule has 1 fully saturated rings. The summed E-state index contributed by atoms with van der Waals surface area (Å²) in [7, 11) is 0. The highest BCUT2D eigenvalue weighted by Crippen LogP contribution is 2.15. The quantitative estimate of drug-likeness (QED) is 0.425. The smallest absolute Gasteiger partial charge is 0.222 e. The highest BCUT2D eigenvalue weighted by molar-refractivity contribution is 14.0. The Morgan fingerprint density at radius 2 is 2.18 bits per heavy atom. The first-order valence-corrected chi connectivity index (χ1v) is 7.58. The van der Waals surface area contributed by atoms with Crippen molar-refractivity contribution in [1.82, 2.24) is 10.2 Å². The molecule has 0 radical (unpaired) electrons. The van der Waals surface area contributed by atoms with E-state index in [4.69, 9.17) is 5.73 Å². The lowest BCUT2D eigenvalue weighted by atomic mass is 10.1. The number of halogens is 1. The molecule has 1 heterocycles. The Bertz CT molecular complexity index is 519. The Morgan fingerprint density at radius 3 is 2.86 bits per heavy atom. The van der Waals surface area contributed by atoms with Crippen LogP contribution in [0.3, 0.4) is 0 Å². The van der Waals surface area contributed by atoms with Crippen molar-refractivity contribution >= 4 is 35.8 Å². The van der Waals surface area contributed by atoms with Crippen molar-refractivity contribution in [2.75, 3.05) is 13.1 Å². The third-order valence-electron chi connectivity index (χ3n) is 3.52. The fourth-order valence-electron chi connectivity index (χ4n) is 2.40. The number of nitrogens with two attached hydrogens (primary N) is 1. The van der Waals surface area contributed by atoms with E-state index in [-0.39, 0.29) is 29.9 Å². The largest absolute Gasteiger partial charge is 0.370 e. The number of benzene rings is 1. The van der Waals surface area contributed by atoms with E-state index in [9.17, 15) is 4.79 Å². The molecule has 2 rings (SSSR count). The lowest BCUT2D eigenvalue weighted by molar-refractivity contribution is -0.128.